The molecule has 0 saturated heterocycles. The first-order chi connectivity index (χ1) is 10.8. The minimum absolute atomic E-state index is 0.223. The molecular formula is C23H30. The van der Waals surface area contributed by atoms with Gasteiger partial charge >= 0.3 is 0 Å². The molecule has 0 heterocycles. The molecular weight excluding hydrogens is 276 g/mol. The molecule has 0 fully saturated rings. The zero-order chi connectivity index (χ0) is 16.6. The smallest absolute Gasteiger partial charge is 0.0129 e. The van der Waals surface area contributed by atoms with Crippen molar-refractivity contribution in [1.82, 2.24) is 0 Å². The predicted octanol–water partition coefficient (Wildman–Crippen LogP) is 5.99. The highest BCUT2D eigenvalue weighted by Gasteiger charge is 2.19. The third-order valence-electron chi connectivity index (χ3n) is 5.18. The van der Waals surface area contributed by atoms with Crippen LogP contribution in [0.2, 0.25) is 0 Å². The molecule has 0 saturated carbocycles. The maximum atomic E-state index is 2.47. The normalized spacial score (nSPS) is 14.9. The van der Waals surface area contributed by atoms with E-state index >= 15 is 0 Å². The van der Waals surface area contributed by atoms with Crippen molar-refractivity contribution >= 4 is 0 Å². The minimum Gasteiger partial charge on any atom is -0.0587 e. The van der Waals surface area contributed by atoms with Crippen molar-refractivity contribution in [2.45, 2.75) is 71.6 Å². The van der Waals surface area contributed by atoms with Crippen molar-refractivity contribution in [2.24, 2.45) is 0 Å². The molecule has 2 aromatic rings. The molecule has 4 aliphatic rings. The molecule has 23 heavy (non-hydrogen) atoms. The van der Waals surface area contributed by atoms with Gasteiger partial charge in [-0.1, -0.05) is 71.0 Å². The highest BCUT2D eigenvalue weighted by molar-refractivity contribution is 5.40. The van der Waals surface area contributed by atoms with Crippen LogP contribution >= 0.6 is 0 Å². The molecule has 0 aliphatic heterocycles. The second-order valence-electron chi connectivity index (χ2n) is 8.43. The van der Waals surface area contributed by atoms with Gasteiger partial charge in [0.1, 0.15) is 0 Å². The van der Waals surface area contributed by atoms with Crippen LogP contribution in [0, 0.1) is 0 Å². The molecule has 0 amide bonds. The second kappa shape index (κ2) is 6.15. The molecule has 2 aromatic carbocycles. The molecule has 122 valence electrons. The summed E-state index contributed by atoms with van der Waals surface area (Å²) in [6.45, 7) is 11.7. The second-order valence-corrected chi connectivity index (χ2v) is 8.43. The molecule has 0 unspecified atom stereocenters. The quantitative estimate of drug-likeness (QED) is 0.607. The van der Waals surface area contributed by atoms with E-state index in [0.717, 1.165) is 25.7 Å². The van der Waals surface area contributed by atoms with Crippen molar-refractivity contribution in [2.75, 3.05) is 0 Å². The van der Waals surface area contributed by atoms with Gasteiger partial charge in [-0.2, -0.15) is 0 Å². The van der Waals surface area contributed by atoms with Gasteiger partial charge in [0.2, 0.25) is 0 Å². The van der Waals surface area contributed by atoms with Gasteiger partial charge in [0.25, 0.3) is 0 Å². The van der Waals surface area contributed by atoms with E-state index in [0.29, 0.717) is 5.92 Å². The molecule has 0 aromatic heterocycles. The Bertz CT molecular complexity index is 698. The first-order valence-corrected chi connectivity index (χ1v) is 9.08. The van der Waals surface area contributed by atoms with E-state index in [9.17, 15) is 0 Å². The number of rotatable bonds is 1. The van der Waals surface area contributed by atoms with E-state index in [-0.39, 0.29) is 5.41 Å². The van der Waals surface area contributed by atoms with Crippen LogP contribution in [-0.4, -0.2) is 0 Å². The number of hydrogen-bond donors (Lipinski definition) is 0. The van der Waals surface area contributed by atoms with Crippen molar-refractivity contribution in [3.8, 4) is 0 Å². The minimum atomic E-state index is 0.223. The number of aryl methyl sites for hydroxylation is 4. The largest absolute Gasteiger partial charge is 0.0587 e. The third kappa shape index (κ3) is 3.52. The molecule has 0 atom stereocenters. The Morgan fingerprint density at radius 3 is 1.91 bits per heavy atom. The topological polar surface area (TPSA) is 0 Å². The molecule has 0 spiro atoms. The van der Waals surface area contributed by atoms with Crippen LogP contribution in [0.4, 0.5) is 0 Å². The molecule has 0 N–H and O–H groups in total. The fourth-order valence-electron chi connectivity index (χ4n) is 3.82. The number of hydrogen-bond acceptors (Lipinski definition) is 0. The Kier molecular flexibility index (Phi) is 4.36. The summed E-state index contributed by atoms with van der Waals surface area (Å²) in [6, 6.07) is 14.4. The van der Waals surface area contributed by atoms with Gasteiger partial charge in [0, 0.05) is 0 Å². The highest BCUT2D eigenvalue weighted by Crippen LogP contribution is 2.30. The first-order valence-electron chi connectivity index (χ1n) is 9.08. The van der Waals surface area contributed by atoms with Crippen LogP contribution in [0.25, 0.3) is 0 Å². The molecule has 6 rings (SSSR count). The lowest BCUT2D eigenvalue weighted by Gasteiger charge is -2.25. The van der Waals surface area contributed by atoms with Gasteiger partial charge in [-0.15, -0.1) is 0 Å². The third-order valence-corrected chi connectivity index (χ3v) is 5.18. The Labute approximate surface area is 141 Å². The summed E-state index contributed by atoms with van der Waals surface area (Å²) >= 11 is 0. The summed E-state index contributed by atoms with van der Waals surface area (Å²) in [5, 5.41) is 0. The SMILES string of the molecule is CC(C)c1cc2ccc1CCc1ccc(c(C(C)(C)C)c1)CC2. The Hall–Kier alpha value is -1.56. The van der Waals surface area contributed by atoms with Gasteiger partial charge in [-0.3, -0.25) is 0 Å². The van der Waals surface area contributed by atoms with E-state index in [2.05, 4.69) is 71.0 Å². The van der Waals surface area contributed by atoms with Crippen LogP contribution in [0.1, 0.15) is 73.9 Å². The summed E-state index contributed by atoms with van der Waals surface area (Å²) in [5.41, 5.74) is 9.34. The molecule has 0 radical (unpaired) electrons. The lowest BCUT2D eigenvalue weighted by Crippen LogP contribution is -2.16. The monoisotopic (exact) mass is 306 g/mol. The van der Waals surface area contributed by atoms with E-state index in [4.69, 9.17) is 0 Å². The number of benzene rings is 2. The van der Waals surface area contributed by atoms with Gasteiger partial charge in [0.05, 0.1) is 0 Å². The summed E-state index contributed by atoms with van der Waals surface area (Å²) in [6.07, 6.45) is 4.57. The zero-order valence-corrected chi connectivity index (χ0v) is 15.4. The summed E-state index contributed by atoms with van der Waals surface area (Å²) < 4.78 is 0. The first kappa shape index (κ1) is 16.3. The lowest BCUT2D eigenvalue weighted by atomic mass is 9.80. The average molecular weight is 306 g/mol. The standard InChI is InChI=1S/C23H30/c1-16(2)21-14-17-6-10-19(21)11-7-18-9-13-20(12-8-17)22(15-18)23(3,4)5/h6,9-10,13-16H,7-8,11-12H2,1-5H3. The van der Waals surface area contributed by atoms with E-state index in [1.54, 1.807) is 5.56 Å². The van der Waals surface area contributed by atoms with Crippen molar-refractivity contribution in [1.29, 1.82) is 0 Å². The van der Waals surface area contributed by atoms with Crippen LogP contribution in [0.15, 0.2) is 36.4 Å². The van der Waals surface area contributed by atoms with Crippen molar-refractivity contribution in [3.63, 3.8) is 0 Å². The lowest BCUT2D eigenvalue weighted by molar-refractivity contribution is 0.580. The van der Waals surface area contributed by atoms with Crippen molar-refractivity contribution < 1.29 is 0 Å². The van der Waals surface area contributed by atoms with Gasteiger partial charge < -0.3 is 0 Å². The van der Waals surface area contributed by atoms with Crippen LogP contribution in [-0.2, 0) is 31.1 Å². The maximum absolute atomic E-state index is 2.47. The van der Waals surface area contributed by atoms with Gasteiger partial charge in [-0.25, -0.2) is 0 Å². The molecule has 0 heteroatoms. The summed E-state index contributed by atoms with van der Waals surface area (Å²) in [4.78, 5) is 0. The summed E-state index contributed by atoms with van der Waals surface area (Å²) in [7, 11) is 0. The van der Waals surface area contributed by atoms with Crippen molar-refractivity contribution in [3.05, 3.63) is 69.8 Å². The molecule has 4 aliphatic carbocycles. The highest BCUT2D eigenvalue weighted by atomic mass is 14.2. The maximum Gasteiger partial charge on any atom is -0.0129 e. The fraction of sp³-hybridized carbons (Fsp3) is 0.478. The Balaban J connectivity index is 2.05. The zero-order valence-electron chi connectivity index (χ0n) is 15.4. The van der Waals surface area contributed by atoms with E-state index < -0.39 is 0 Å². The van der Waals surface area contributed by atoms with E-state index in [1.165, 1.54) is 27.8 Å². The van der Waals surface area contributed by atoms with Gasteiger partial charge in [0.15, 0.2) is 0 Å². The fourth-order valence-corrected chi connectivity index (χ4v) is 3.82. The molecule has 4 bridgehead atoms. The van der Waals surface area contributed by atoms with Crippen LogP contribution in [0.3, 0.4) is 0 Å². The van der Waals surface area contributed by atoms with Gasteiger partial charge in [-0.05, 0) is 70.4 Å². The molecule has 0 nitrogen and oxygen atoms in total. The predicted molar refractivity (Wildman–Crippen MR) is 100 cm³/mol. The Morgan fingerprint density at radius 2 is 1.30 bits per heavy atom. The summed E-state index contributed by atoms with van der Waals surface area (Å²) in [5.74, 6) is 0.610. The van der Waals surface area contributed by atoms with Crippen LogP contribution in [0.5, 0.6) is 0 Å². The average Bonchev–Trinajstić information content (AvgIpc) is 2.48. The Morgan fingerprint density at radius 1 is 0.739 bits per heavy atom. The van der Waals surface area contributed by atoms with Crippen LogP contribution < -0.4 is 0 Å². The van der Waals surface area contributed by atoms with E-state index in [1.807, 2.05) is 0 Å².